The van der Waals surface area contributed by atoms with Gasteiger partial charge in [-0.05, 0) is 31.5 Å². The van der Waals surface area contributed by atoms with Gasteiger partial charge in [0.25, 0.3) is 5.56 Å². The van der Waals surface area contributed by atoms with Crippen molar-refractivity contribution >= 4 is 46.0 Å². The van der Waals surface area contributed by atoms with Crippen molar-refractivity contribution in [1.82, 2.24) is 18.7 Å². The van der Waals surface area contributed by atoms with Gasteiger partial charge in [-0.2, -0.15) is 10.1 Å². The van der Waals surface area contributed by atoms with Gasteiger partial charge in [-0.25, -0.2) is 10.2 Å². The number of halogens is 2. The minimum atomic E-state index is -0.459. The lowest BCUT2D eigenvalue weighted by atomic mass is 10.2. The van der Waals surface area contributed by atoms with Crippen LogP contribution < -0.4 is 16.7 Å². The highest BCUT2D eigenvalue weighted by Crippen LogP contribution is 2.26. The highest BCUT2D eigenvalue weighted by molar-refractivity contribution is 6.42. The number of fused-ring (bicyclic) bond motifs is 3. The second-order valence-corrected chi connectivity index (χ2v) is 7.31. The van der Waals surface area contributed by atoms with E-state index in [4.69, 9.17) is 23.2 Å². The molecule has 27 heavy (non-hydrogen) atoms. The van der Waals surface area contributed by atoms with Gasteiger partial charge in [-0.3, -0.25) is 18.5 Å². The molecule has 3 heterocycles. The quantitative estimate of drug-likeness (QED) is 0.708. The van der Waals surface area contributed by atoms with Crippen LogP contribution in [0.2, 0.25) is 10.0 Å². The van der Waals surface area contributed by atoms with Gasteiger partial charge >= 0.3 is 5.69 Å². The first kappa shape index (κ1) is 17.8. The highest BCUT2D eigenvalue weighted by Gasteiger charge is 2.26. The summed E-state index contributed by atoms with van der Waals surface area (Å²) >= 11 is 12.0. The second-order valence-electron chi connectivity index (χ2n) is 6.50. The molecule has 10 heteroatoms. The molecule has 0 aliphatic carbocycles. The van der Waals surface area contributed by atoms with E-state index >= 15 is 0 Å². The summed E-state index contributed by atoms with van der Waals surface area (Å²) in [6, 6.07) is 4.86. The van der Waals surface area contributed by atoms with E-state index in [1.54, 1.807) is 29.8 Å². The lowest BCUT2D eigenvalue weighted by molar-refractivity contribution is 0.645. The number of anilines is 1. The Kier molecular flexibility index (Phi) is 4.12. The molecule has 0 radical (unpaired) electrons. The summed E-state index contributed by atoms with van der Waals surface area (Å²) < 4.78 is 4.30. The van der Waals surface area contributed by atoms with Crippen LogP contribution in [-0.4, -0.2) is 24.4 Å². The van der Waals surface area contributed by atoms with Crippen molar-refractivity contribution in [2.45, 2.75) is 26.4 Å². The Morgan fingerprint density at radius 2 is 1.96 bits per heavy atom. The summed E-state index contributed by atoms with van der Waals surface area (Å²) in [7, 11) is 1.59. The first-order chi connectivity index (χ1) is 12.8. The van der Waals surface area contributed by atoms with E-state index in [0.717, 1.165) is 5.71 Å². The van der Waals surface area contributed by atoms with Crippen LogP contribution in [0.3, 0.4) is 0 Å². The predicted molar refractivity (Wildman–Crippen MR) is 106 cm³/mol. The van der Waals surface area contributed by atoms with Gasteiger partial charge in [0.05, 0.1) is 28.3 Å². The smallest absolute Gasteiger partial charge is 0.294 e. The van der Waals surface area contributed by atoms with Crippen LogP contribution in [0.5, 0.6) is 0 Å². The van der Waals surface area contributed by atoms with Crippen molar-refractivity contribution in [3.63, 3.8) is 0 Å². The van der Waals surface area contributed by atoms with E-state index in [1.165, 1.54) is 9.13 Å². The molecule has 4 rings (SSSR count). The molecular weight excluding hydrogens is 391 g/mol. The SMILES string of the molecule is CC1=NNc2nc3c(c(=O)n(Cc4ccc(Cl)c(Cl)c4)c(=O)n3C)n2C1C. The molecule has 0 fully saturated rings. The monoisotopic (exact) mass is 406 g/mol. The van der Waals surface area contributed by atoms with Gasteiger partial charge < -0.3 is 0 Å². The zero-order valence-corrected chi connectivity index (χ0v) is 16.3. The molecular formula is C17H16Cl2N6O2. The molecule has 0 saturated carbocycles. The minimum absolute atomic E-state index is 0.0771. The molecule has 1 aliphatic heterocycles. The van der Waals surface area contributed by atoms with Gasteiger partial charge in [0.15, 0.2) is 11.2 Å². The molecule has 140 valence electrons. The molecule has 1 aromatic carbocycles. The first-order valence-electron chi connectivity index (χ1n) is 8.25. The lowest BCUT2D eigenvalue weighted by Gasteiger charge is -2.21. The number of aryl methyl sites for hydroxylation is 1. The number of aromatic nitrogens is 4. The number of hydrazone groups is 1. The molecule has 1 N–H and O–H groups in total. The van der Waals surface area contributed by atoms with E-state index in [0.29, 0.717) is 32.7 Å². The van der Waals surface area contributed by atoms with Crippen molar-refractivity contribution in [2.24, 2.45) is 12.1 Å². The zero-order chi connectivity index (χ0) is 19.5. The Bertz CT molecular complexity index is 1240. The van der Waals surface area contributed by atoms with Crippen molar-refractivity contribution < 1.29 is 0 Å². The first-order valence-corrected chi connectivity index (χ1v) is 9.01. The highest BCUT2D eigenvalue weighted by atomic mass is 35.5. The van der Waals surface area contributed by atoms with Crippen molar-refractivity contribution in [1.29, 1.82) is 0 Å². The molecule has 8 nitrogen and oxygen atoms in total. The summed E-state index contributed by atoms with van der Waals surface area (Å²) in [5, 5.41) is 4.98. The van der Waals surface area contributed by atoms with E-state index < -0.39 is 11.2 Å². The van der Waals surface area contributed by atoms with Crippen molar-refractivity contribution in [3.8, 4) is 0 Å². The third-order valence-electron chi connectivity index (χ3n) is 4.82. The molecule has 0 bridgehead atoms. The Hall–Kier alpha value is -2.58. The van der Waals surface area contributed by atoms with Crippen LogP contribution in [-0.2, 0) is 13.6 Å². The van der Waals surface area contributed by atoms with Crippen molar-refractivity contribution in [3.05, 3.63) is 54.6 Å². The van der Waals surface area contributed by atoms with E-state index in [1.807, 2.05) is 13.8 Å². The normalized spacial score (nSPS) is 16.2. The maximum atomic E-state index is 13.2. The summed E-state index contributed by atoms with van der Waals surface area (Å²) in [6.45, 7) is 3.87. The molecule has 1 unspecified atom stereocenters. The number of imidazole rings is 1. The number of hydrogen-bond acceptors (Lipinski definition) is 5. The number of rotatable bonds is 2. The Morgan fingerprint density at radius 3 is 2.67 bits per heavy atom. The van der Waals surface area contributed by atoms with Gasteiger partial charge in [-0.1, -0.05) is 29.3 Å². The lowest BCUT2D eigenvalue weighted by Crippen LogP contribution is -2.40. The summed E-state index contributed by atoms with van der Waals surface area (Å²) in [5.74, 6) is 0.433. The Labute approximate surface area is 163 Å². The van der Waals surface area contributed by atoms with Gasteiger partial charge in [0.1, 0.15) is 0 Å². The molecule has 3 aromatic rings. The van der Waals surface area contributed by atoms with Crippen LogP contribution in [0.4, 0.5) is 5.95 Å². The average Bonchev–Trinajstić information content (AvgIpc) is 3.03. The van der Waals surface area contributed by atoms with Crippen LogP contribution in [0.1, 0.15) is 25.5 Å². The minimum Gasteiger partial charge on any atom is -0.294 e. The number of hydrogen-bond donors (Lipinski definition) is 1. The largest absolute Gasteiger partial charge is 0.332 e. The fraction of sp³-hybridized carbons (Fsp3) is 0.294. The van der Waals surface area contributed by atoms with Gasteiger partial charge in [-0.15, -0.1) is 0 Å². The standard InChI is InChI=1S/C17H16Cl2N6O2/c1-8-9(2)25-13-14(20-16(25)22-21-8)23(3)17(27)24(15(13)26)7-10-4-5-11(18)12(19)6-10/h4-6,9H,7H2,1-3H3,(H,20,22). The molecule has 0 saturated heterocycles. The van der Waals surface area contributed by atoms with E-state index in [2.05, 4.69) is 15.5 Å². The van der Waals surface area contributed by atoms with Crippen molar-refractivity contribution in [2.75, 3.05) is 5.43 Å². The maximum absolute atomic E-state index is 13.2. The fourth-order valence-electron chi connectivity index (χ4n) is 3.17. The summed E-state index contributed by atoms with van der Waals surface area (Å²) in [6.07, 6.45) is 0. The number of benzene rings is 1. The molecule has 0 spiro atoms. The molecule has 1 atom stereocenters. The van der Waals surface area contributed by atoms with E-state index in [9.17, 15) is 9.59 Å². The maximum Gasteiger partial charge on any atom is 0.332 e. The van der Waals surface area contributed by atoms with Gasteiger partial charge in [0, 0.05) is 7.05 Å². The zero-order valence-electron chi connectivity index (χ0n) is 14.8. The number of nitrogens with zero attached hydrogens (tertiary/aromatic N) is 5. The van der Waals surface area contributed by atoms with E-state index in [-0.39, 0.29) is 12.6 Å². The molecule has 0 amide bonds. The molecule has 1 aliphatic rings. The summed E-state index contributed by atoms with van der Waals surface area (Å²) in [4.78, 5) is 30.4. The van der Waals surface area contributed by atoms with Crippen LogP contribution in [0.15, 0.2) is 32.9 Å². The van der Waals surface area contributed by atoms with Gasteiger partial charge in [0.2, 0.25) is 5.95 Å². The van der Waals surface area contributed by atoms with Crippen LogP contribution in [0.25, 0.3) is 11.2 Å². The van der Waals surface area contributed by atoms with Crippen LogP contribution >= 0.6 is 23.2 Å². The third kappa shape index (κ3) is 2.67. The second kappa shape index (κ2) is 6.24. The predicted octanol–water partition coefficient (Wildman–Crippen LogP) is 2.61. The third-order valence-corrected chi connectivity index (χ3v) is 5.56. The number of nitrogens with one attached hydrogen (secondary N) is 1. The molecule has 2 aromatic heterocycles. The van der Waals surface area contributed by atoms with Crippen LogP contribution in [0, 0.1) is 0 Å². The Morgan fingerprint density at radius 1 is 1.22 bits per heavy atom. The average molecular weight is 407 g/mol. The summed E-state index contributed by atoms with van der Waals surface area (Å²) in [5.41, 5.74) is 4.13. The Balaban J connectivity index is 1.96. The topological polar surface area (TPSA) is 86.2 Å². The fourth-order valence-corrected chi connectivity index (χ4v) is 3.49.